The molecule has 0 fully saturated rings. The summed E-state index contributed by atoms with van der Waals surface area (Å²) in [6.07, 6.45) is 1.32. The fourth-order valence-electron chi connectivity index (χ4n) is 1.45. The van der Waals surface area contributed by atoms with E-state index in [1.54, 1.807) is 32.0 Å². The van der Waals surface area contributed by atoms with Crippen LogP contribution in [0.15, 0.2) is 29.6 Å². The Kier molecular flexibility index (Phi) is 5.78. The van der Waals surface area contributed by atoms with Crippen molar-refractivity contribution in [1.82, 2.24) is 0 Å². The van der Waals surface area contributed by atoms with Gasteiger partial charge in [-0.05, 0) is 26.0 Å². The predicted octanol–water partition coefficient (Wildman–Crippen LogP) is 3.52. The Hall–Kier alpha value is -1.60. The highest BCUT2D eigenvalue weighted by atomic mass is 31.2. The van der Waals surface area contributed by atoms with Crippen LogP contribution in [0.2, 0.25) is 0 Å². The minimum absolute atomic E-state index is 0.00482. The fraction of sp³-hybridized carbons (Fsp3) is 0.308. The van der Waals surface area contributed by atoms with Crippen LogP contribution in [0.3, 0.4) is 0 Å². The van der Waals surface area contributed by atoms with Crippen LogP contribution in [-0.4, -0.2) is 18.3 Å². The Morgan fingerprint density at radius 3 is 2.42 bits per heavy atom. The van der Waals surface area contributed by atoms with Crippen LogP contribution in [0, 0.1) is 11.3 Å². The number of aromatic hydroxyl groups is 1. The minimum atomic E-state index is -3.63. The molecule has 0 aliphatic heterocycles. The van der Waals surface area contributed by atoms with E-state index < -0.39 is 7.60 Å². The summed E-state index contributed by atoms with van der Waals surface area (Å²) >= 11 is 0. The molecule has 102 valence electrons. The molecule has 1 aromatic carbocycles. The first-order valence-corrected chi connectivity index (χ1v) is 7.41. The van der Waals surface area contributed by atoms with Crippen LogP contribution in [0.1, 0.15) is 19.4 Å². The number of phenolic OH excluding ortho intramolecular Hbond substituents is 1. The Morgan fingerprint density at radius 1 is 1.37 bits per heavy atom. The van der Waals surface area contributed by atoms with Crippen molar-refractivity contribution in [2.75, 3.05) is 13.2 Å². The summed E-state index contributed by atoms with van der Waals surface area (Å²) < 4.78 is 22.6. The molecule has 0 aromatic heterocycles. The molecule has 6 heteroatoms. The highest BCUT2D eigenvalue weighted by Crippen LogP contribution is 2.56. The molecular formula is C13H16NO4P. The largest absolute Gasteiger partial charge is 0.507 e. The number of nitriles is 1. The molecule has 0 radical (unpaired) electrons. The summed E-state index contributed by atoms with van der Waals surface area (Å²) in [5, 5.41) is 18.7. The lowest BCUT2D eigenvalue weighted by Crippen LogP contribution is -1.97. The first kappa shape index (κ1) is 15.5. The Morgan fingerprint density at radius 2 is 1.95 bits per heavy atom. The zero-order valence-corrected chi connectivity index (χ0v) is 11.8. The van der Waals surface area contributed by atoms with Crippen LogP contribution in [0.25, 0.3) is 6.08 Å². The van der Waals surface area contributed by atoms with Crippen LogP contribution in [0.4, 0.5) is 0 Å². The van der Waals surface area contributed by atoms with Crippen LogP contribution < -0.4 is 0 Å². The van der Waals surface area contributed by atoms with Gasteiger partial charge in [0.25, 0.3) is 0 Å². The van der Waals surface area contributed by atoms with E-state index in [0.717, 1.165) is 0 Å². The van der Waals surface area contributed by atoms with Gasteiger partial charge in [0.05, 0.1) is 13.2 Å². The lowest BCUT2D eigenvalue weighted by Gasteiger charge is -2.15. The van der Waals surface area contributed by atoms with E-state index in [1.807, 2.05) is 6.07 Å². The molecule has 0 saturated carbocycles. The minimum Gasteiger partial charge on any atom is -0.507 e. The topological polar surface area (TPSA) is 79.5 Å². The first-order chi connectivity index (χ1) is 9.07. The maximum Gasteiger partial charge on any atom is 0.371 e. The highest BCUT2D eigenvalue weighted by Gasteiger charge is 2.30. The van der Waals surface area contributed by atoms with Crippen molar-refractivity contribution < 1.29 is 18.7 Å². The molecule has 0 bridgehead atoms. The van der Waals surface area contributed by atoms with Crippen molar-refractivity contribution in [1.29, 1.82) is 5.26 Å². The van der Waals surface area contributed by atoms with Crippen LogP contribution in [-0.2, 0) is 13.6 Å². The summed E-state index contributed by atoms with van der Waals surface area (Å²) in [6.45, 7) is 3.66. The summed E-state index contributed by atoms with van der Waals surface area (Å²) in [4.78, 5) is 0. The first-order valence-electron chi connectivity index (χ1n) is 5.86. The molecule has 0 heterocycles. The Labute approximate surface area is 112 Å². The van der Waals surface area contributed by atoms with Gasteiger partial charge in [-0.15, -0.1) is 0 Å². The number of rotatable bonds is 6. The molecule has 1 rings (SSSR count). The molecule has 0 amide bonds. The van der Waals surface area contributed by atoms with Gasteiger partial charge >= 0.3 is 7.60 Å². The maximum atomic E-state index is 12.4. The zero-order valence-electron chi connectivity index (χ0n) is 10.9. The van der Waals surface area contributed by atoms with Gasteiger partial charge in [-0.25, -0.2) is 0 Å². The molecule has 0 unspecified atom stereocenters. The van der Waals surface area contributed by atoms with Crippen molar-refractivity contribution >= 4 is 13.7 Å². The third-order valence-corrected chi connectivity index (χ3v) is 4.25. The molecule has 0 atom stereocenters. The predicted molar refractivity (Wildman–Crippen MR) is 72.6 cm³/mol. The van der Waals surface area contributed by atoms with Crippen molar-refractivity contribution in [2.24, 2.45) is 0 Å². The van der Waals surface area contributed by atoms with Gasteiger partial charge in [0.2, 0.25) is 0 Å². The van der Waals surface area contributed by atoms with Gasteiger partial charge in [0.15, 0.2) is 0 Å². The van der Waals surface area contributed by atoms with E-state index in [1.165, 1.54) is 12.1 Å². The summed E-state index contributed by atoms with van der Waals surface area (Å²) in [5.74, 6) is -0.00482. The van der Waals surface area contributed by atoms with E-state index in [9.17, 15) is 9.67 Å². The Bertz CT molecular complexity index is 538. The number of phenols is 1. The normalized spacial score (nSPS) is 12.2. The second-order valence-electron chi connectivity index (χ2n) is 3.53. The lowest BCUT2D eigenvalue weighted by atomic mass is 10.2. The van der Waals surface area contributed by atoms with Gasteiger partial charge in [-0.1, -0.05) is 18.2 Å². The Balaban J connectivity index is 3.22. The van der Waals surface area contributed by atoms with Crippen molar-refractivity contribution in [3.63, 3.8) is 0 Å². The quantitative estimate of drug-likeness (QED) is 0.637. The highest BCUT2D eigenvalue weighted by molar-refractivity contribution is 7.59. The molecule has 19 heavy (non-hydrogen) atoms. The maximum absolute atomic E-state index is 12.4. The third-order valence-electron chi connectivity index (χ3n) is 2.24. The van der Waals surface area contributed by atoms with Gasteiger partial charge in [-0.3, -0.25) is 4.57 Å². The van der Waals surface area contributed by atoms with Crippen molar-refractivity contribution in [2.45, 2.75) is 13.8 Å². The monoisotopic (exact) mass is 281 g/mol. The SMILES string of the molecule is CCOP(=O)(OCC)/C(C#N)=C/c1ccccc1O. The standard InChI is InChI=1S/C13H16NO4P/c1-3-17-19(16,18-4-2)12(10-14)9-11-7-5-6-8-13(11)15/h5-9,15H,3-4H2,1-2H3/b12-9+. The summed E-state index contributed by atoms with van der Waals surface area (Å²) in [7, 11) is -3.63. The van der Waals surface area contributed by atoms with Gasteiger partial charge in [0, 0.05) is 5.56 Å². The van der Waals surface area contributed by atoms with E-state index in [2.05, 4.69) is 0 Å². The van der Waals surface area contributed by atoms with E-state index in [4.69, 9.17) is 14.3 Å². The lowest BCUT2D eigenvalue weighted by molar-refractivity contribution is 0.227. The average molecular weight is 281 g/mol. The fourth-order valence-corrected chi connectivity index (χ4v) is 2.90. The second kappa shape index (κ2) is 7.10. The molecule has 0 aliphatic carbocycles. The summed E-state index contributed by atoms with van der Waals surface area (Å²) in [5.41, 5.74) is 0.388. The number of hydrogen-bond acceptors (Lipinski definition) is 5. The molecule has 5 nitrogen and oxygen atoms in total. The van der Waals surface area contributed by atoms with Crippen LogP contribution in [0.5, 0.6) is 5.75 Å². The zero-order chi connectivity index (χ0) is 14.3. The van der Waals surface area contributed by atoms with E-state index >= 15 is 0 Å². The molecule has 0 aliphatic rings. The average Bonchev–Trinajstić information content (AvgIpc) is 2.38. The van der Waals surface area contributed by atoms with Crippen molar-refractivity contribution in [3.8, 4) is 11.8 Å². The number of benzene rings is 1. The second-order valence-corrected chi connectivity index (χ2v) is 5.53. The summed E-state index contributed by atoms with van der Waals surface area (Å²) in [6, 6.07) is 8.27. The third kappa shape index (κ3) is 3.93. The van der Waals surface area contributed by atoms with Gasteiger partial charge in [-0.2, -0.15) is 5.26 Å². The smallest absolute Gasteiger partial charge is 0.371 e. The number of nitrogens with zero attached hydrogens (tertiary/aromatic N) is 1. The number of allylic oxidation sites excluding steroid dienone is 1. The van der Waals surface area contributed by atoms with Crippen molar-refractivity contribution in [3.05, 3.63) is 35.1 Å². The molecule has 0 saturated heterocycles. The number of para-hydroxylation sites is 1. The van der Waals surface area contributed by atoms with E-state index in [-0.39, 0.29) is 24.3 Å². The molecule has 0 spiro atoms. The van der Waals surface area contributed by atoms with Gasteiger partial charge < -0.3 is 14.2 Å². The van der Waals surface area contributed by atoms with Gasteiger partial charge in [0.1, 0.15) is 17.1 Å². The van der Waals surface area contributed by atoms with Crippen LogP contribution >= 0.6 is 7.60 Å². The molecular weight excluding hydrogens is 265 g/mol. The van der Waals surface area contributed by atoms with E-state index in [0.29, 0.717) is 5.56 Å². The number of hydrogen-bond donors (Lipinski definition) is 1. The molecule has 1 N–H and O–H groups in total. The molecule has 1 aromatic rings.